The van der Waals surface area contributed by atoms with Crippen LogP contribution in [-0.2, 0) is 12.8 Å². The summed E-state index contributed by atoms with van der Waals surface area (Å²) in [5.41, 5.74) is 2.63. The highest BCUT2D eigenvalue weighted by atomic mass is 15.1. The largest absolute Gasteiger partial charge is 0.366 e. The Morgan fingerprint density at radius 2 is 2.06 bits per heavy atom. The van der Waals surface area contributed by atoms with E-state index in [-0.39, 0.29) is 0 Å². The highest BCUT2D eigenvalue weighted by molar-refractivity contribution is 5.47. The molecule has 1 aromatic heterocycles. The van der Waals surface area contributed by atoms with E-state index in [0.29, 0.717) is 6.04 Å². The first-order valence-corrected chi connectivity index (χ1v) is 7.23. The maximum absolute atomic E-state index is 4.47. The van der Waals surface area contributed by atoms with Gasteiger partial charge in [-0.15, -0.1) is 0 Å². The molecule has 0 saturated carbocycles. The van der Waals surface area contributed by atoms with Gasteiger partial charge in [0, 0.05) is 23.8 Å². The summed E-state index contributed by atoms with van der Waals surface area (Å²) in [6, 6.07) is 0.522. The van der Waals surface area contributed by atoms with Crippen molar-refractivity contribution in [1.29, 1.82) is 0 Å². The minimum absolute atomic E-state index is 0.522. The molecular weight excluding hydrogens is 224 g/mol. The van der Waals surface area contributed by atoms with E-state index in [1.807, 2.05) is 0 Å². The third-order valence-electron chi connectivity index (χ3n) is 4.01. The first-order chi connectivity index (χ1) is 8.93. The van der Waals surface area contributed by atoms with Crippen molar-refractivity contribution >= 4 is 5.82 Å². The van der Waals surface area contributed by atoms with E-state index in [0.717, 1.165) is 31.7 Å². The number of hydrogen-bond donors (Lipinski definition) is 2. The van der Waals surface area contributed by atoms with Crippen molar-refractivity contribution in [3.8, 4) is 0 Å². The molecule has 4 heteroatoms. The normalized spacial score (nSPS) is 24.1. The summed E-state index contributed by atoms with van der Waals surface area (Å²) in [5.74, 6) is 1.09. The quantitative estimate of drug-likeness (QED) is 0.837. The SMILES string of the molecule is c1nc2c(c(NC3CCCCNC3)n1)CCCC2. The van der Waals surface area contributed by atoms with Gasteiger partial charge in [0.2, 0.25) is 0 Å². The minimum Gasteiger partial charge on any atom is -0.366 e. The van der Waals surface area contributed by atoms with Gasteiger partial charge in [0.05, 0.1) is 0 Å². The van der Waals surface area contributed by atoms with Gasteiger partial charge in [-0.3, -0.25) is 0 Å². The lowest BCUT2D eigenvalue weighted by Crippen LogP contribution is -2.32. The molecule has 0 aromatic carbocycles. The molecule has 0 bridgehead atoms. The van der Waals surface area contributed by atoms with Gasteiger partial charge in [0.25, 0.3) is 0 Å². The highest BCUT2D eigenvalue weighted by Gasteiger charge is 2.18. The van der Waals surface area contributed by atoms with Crippen molar-refractivity contribution in [3.63, 3.8) is 0 Å². The molecule has 2 N–H and O–H groups in total. The Bertz CT molecular complexity index is 397. The van der Waals surface area contributed by atoms with Crippen molar-refractivity contribution < 1.29 is 0 Å². The molecule has 1 aliphatic carbocycles. The average Bonchev–Trinajstić information content (AvgIpc) is 2.68. The Morgan fingerprint density at radius 1 is 1.11 bits per heavy atom. The molecule has 2 heterocycles. The van der Waals surface area contributed by atoms with Crippen LogP contribution in [0.5, 0.6) is 0 Å². The number of nitrogens with one attached hydrogen (secondary N) is 2. The molecule has 1 atom stereocenters. The third-order valence-corrected chi connectivity index (χ3v) is 4.01. The molecule has 3 rings (SSSR count). The summed E-state index contributed by atoms with van der Waals surface area (Å²) in [5, 5.41) is 7.13. The topological polar surface area (TPSA) is 49.8 Å². The van der Waals surface area contributed by atoms with Crippen LogP contribution in [0, 0.1) is 0 Å². The summed E-state index contributed by atoms with van der Waals surface area (Å²) in [7, 11) is 0. The second-order valence-corrected chi connectivity index (χ2v) is 5.40. The highest BCUT2D eigenvalue weighted by Crippen LogP contribution is 2.25. The first-order valence-electron chi connectivity index (χ1n) is 7.23. The van der Waals surface area contributed by atoms with E-state index >= 15 is 0 Å². The fourth-order valence-corrected chi connectivity index (χ4v) is 2.98. The van der Waals surface area contributed by atoms with Gasteiger partial charge in [-0.2, -0.15) is 0 Å². The monoisotopic (exact) mass is 246 g/mol. The van der Waals surface area contributed by atoms with E-state index in [9.17, 15) is 0 Å². The van der Waals surface area contributed by atoms with Gasteiger partial charge in [0.15, 0.2) is 0 Å². The Hall–Kier alpha value is -1.16. The van der Waals surface area contributed by atoms with Crippen molar-refractivity contribution in [1.82, 2.24) is 15.3 Å². The number of aryl methyl sites for hydroxylation is 1. The molecule has 2 aliphatic rings. The van der Waals surface area contributed by atoms with Gasteiger partial charge in [-0.1, -0.05) is 6.42 Å². The second-order valence-electron chi connectivity index (χ2n) is 5.40. The van der Waals surface area contributed by atoms with Gasteiger partial charge in [0.1, 0.15) is 12.1 Å². The maximum Gasteiger partial charge on any atom is 0.133 e. The molecule has 0 radical (unpaired) electrons. The molecular formula is C14H22N4. The van der Waals surface area contributed by atoms with Gasteiger partial charge in [-0.25, -0.2) is 9.97 Å². The minimum atomic E-state index is 0.522. The zero-order valence-electron chi connectivity index (χ0n) is 10.9. The second kappa shape index (κ2) is 5.65. The molecule has 1 unspecified atom stereocenters. The predicted molar refractivity (Wildman–Crippen MR) is 72.8 cm³/mol. The van der Waals surface area contributed by atoms with Crippen molar-refractivity contribution in [2.75, 3.05) is 18.4 Å². The van der Waals surface area contributed by atoms with Crippen molar-refractivity contribution in [2.24, 2.45) is 0 Å². The average molecular weight is 246 g/mol. The Balaban J connectivity index is 1.75. The van der Waals surface area contributed by atoms with Crippen molar-refractivity contribution in [3.05, 3.63) is 17.6 Å². The number of anilines is 1. The van der Waals surface area contributed by atoms with Gasteiger partial charge < -0.3 is 10.6 Å². The molecule has 0 amide bonds. The molecule has 4 nitrogen and oxygen atoms in total. The van der Waals surface area contributed by atoms with Crippen LogP contribution in [0.15, 0.2) is 6.33 Å². The lowest BCUT2D eigenvalue weighted by atomic mass is 9.96. The first kappa shape index (κ1) is 11.9. The number of rotatable bonds is 2. The van der Waals surface area contributed by atoms with Crippen LogP contribution in [0.2, 0.25) is 0 Å². The molecule has 1 aliphatic heterocycles. The predicted octanol–water partition coefficient (Wildman–Crippen LogP) is 1.91. The molecule has 1 fully saturated rings. The van der Waals surface area contributed by atoms with E-state index in [2.05, 4.69) is 20.6 Å². The summed E-state index contributed by atoms with van der Waals surface area (Å²) >= 11 is 0. The van der Waals surface area contributed by atoms with Crippen LogP contribution in [0.25, 0.3) is 0 Å². The van der Waals surface area contributed by atoms with Gasteiger partial charge in [-0.05, 0) is 45.1 Å². The summed E-state index contributed by atoms with van der Waals surface area (Å²) < 4.78 is 0. The standard InChI is InChI=1S/C14H22N4/c1-2-7-13-12(6-1)14(17-10-16-13)18-11-5-3-4-8-15-9-11/h10-11,15H,1-9H2,(H,16,17,18). The Kier molecular flexibility index (Phi) is 3.74. The third kappa shape index (κ3) is 2.64. The number of fused-ring (bicyclic) bond motifs is 1. The van der Waals surface area contributed by atoms with E-state index in [1.54, 1.807) is 6.33 Å². The fraction of sp³-hybridized carbons (Fsp3) is 0.714. The number of hydrogen-bond acceptors (Lipinski definition) is 4. The fourth-order valence-electron chi connectivity index (χ4n) is 2.98. The Morgan fingerprint density at radius 3 is 3.06 bits per heavy atom. The number of aromatic nitrogens is 2. The van der Waals surface area contributed by atoms with Crippen LogP contribution in [0.4, 0.5) is 5.82 Å². The van der Waals surface area contributed by atoms with Crippen LogP contribution >= 0.6 is 0 Å². The zero-order valence-corrected chi connectivity index (χ0v) is 10.9. The smallest absolute Gasteiger partial charge is 0.133 e. The molecule has 98 valence electrons. The van der Waals surface area contributed by atoms with Gasteiger partial charge >= 0.3 is 0 Å². The zero-order chi connectivity index (χ0) is 12.2. The van der Waals surface area contributed by atoms with E-state index in [1.165, 1.54) is 43.4 Å². The summed E-state index contributed by atoms with van der Waals surface area (Å²) in [6.07, 6.45) is 10.4. The molecule has 0 spiro atoms. The maximum atomic E-state index is 4.47. The Labute approximate surface area is 109 Å². The molecule has 18 heavy (non-hydrogen) atoms. The lowest BCUT2D eigenvalue weighted by molar-refractivity contribution is 0.624. The van der Waals surface area contributed by atoms with E-state index < -0.39 is 0 Å². The van der Waals surface area contributed by atoms with Crippen LogP contribution in [0.1, 0.15) is 43.4 Å². The van der Waals surface area contributed by atoms with Crippen molar-refractivity contribution in [2.45, 2.75) is 51.0 Å². The van der Waals surface area contributed by atoms with E-state index in [4.69, 9.17) is 0 Å². The molecule has 1 saturated heterocycles. The number of nitrogens with zero attached hydrogens (tertiary/aromatic N) is 2. The lowest BCUT2D eigenvalue weighted by Gasteiger charge is -2.22. The van der Waals surface area contributed by atoms with Crippen LogP contribution < -0.4 is 10.6 Å². The summed E-state index contributed by atoms with van der Waals surface area (Å²) in [4.78, 5) is 8.89. The summed E-state index contributed by atoms with van der Waals surface area (Å²) in [6.45, 7) is 2.21. The molecule has 1 aromatic rings. The van der Waals surface area contributed by atoms with Crippen LogP contribution in [0.3, 0.4) is 0 Å². The van der Waals surface area contributed by atoms with Crippen LogP contribution in [-0.4, -0.2) is 29.1 Å².